The van der Waals surface area contributed by atoms with E-state index in [2.05, 4.69) is 29.6 Å². The summed E-state index contributed by atoms with van der Waals surface area (Å²) in [6.07, 6.45) is 6.30. The molecule has 0 aromatic heterocycles. The highest BCUT2D eigenvalue weighted by atomic mass is 31.2. The number of aliphatic carboxylic acids is 1. The first kappa shape index (κ1) is 33.6. The highest BCUT2D eigenvalue weighted by Crippen LogP contribution is 2.65. The average molecular weight is 680 g/mol. The number of carbonyl (C=O) groups is 2. The largest absolute Gasteiger partial charge is 0.481 e. The van der Waals surface area contributed by atoms with Gasteiger partial charge in [0.15, 0.2) is 0 Å². The molecule has 2 N–H and O–H groups in total. The number of ether oxygens (including phenoxy) is 1. The van der Waals surface area contributed by atoms with E-state index in [-0.39, 0.29) is 19.2 Å². The van der Waals surface area contributed by atoms with E-state index in [0.717, 1.165) is 46.7 Å². The molecule has 4 bridgehead atoms. The van der Waals surface area contributed by atoms with E-state index >= 15 is 4.57 Å². The summed E-state index contributed by atoms with van der Waals surface area (Å²) in [6, 6.07) is 33.3. The van der Waals surface area contributed by atoms with Gasteiger partial charge < -0.3 is 19.7 Å². The Morgan fingerprint density at radius 3 is 2.00 bits per heavy atom. The van der Waals surface area contributed by atoms with Gasteiger partial charge in [-0.1, -0.05) is 103 Å². The van der Waals surface area contributed by atoms with E-state index in [4.69, 9.17) is 9.26 Å². The van der Waals surface area contributed by atoms with Crippen LogP contribution < -0.4 is 5.32 Å². The zero-order valence-corrected chi connectivity index (χ0v) is 28.8. The lowest BCUT2D eigenvalue weighted by Crippen LogP contribution is -2.52. The van der Waals surface area contributed by atoms with E-state index in [0.29, 0.717) is 30.6 Å². The van der Waals surface area contributed by atoms with E-state index in [1.807, 2.05) is 78.9 Å². The van der Waals surface area contributed by atoms with Gasteiger partial charge in [-0.2, -0.15) is 0 Å². The van der Waals surface area contributed by atoms with Crippen LogP contribution in [0.25, 0.3) is 10.8 Å². The van der Waals surface area contributed by atoms with Crippen molar-refractivity contribution in [2.45, 2.75) is 75.8 Å². The van der Waals surface area contributed by atoms with Gasteiger partial charge in [0.1, 0.15) is 12.4 Å². The minimum Gasteiger partial charge on any atom is -0.481 e. The molecule has 4 aliphatic rings. The highest BCUT2D eigenvalue weighted by Gasteiger charge is 2.55. The van der Waals surface area contributed by atoms with Gasteiger partial charge in [-0.15, -0.1) is 0 Å². The lowest BCUT2D eigenvalue weighted by atomic mass is 9.54. The van der Waals surface area contributed by atoms with Crippen molar-refractivity contribution in [2.75, 3.05) is 6.16 Å². The smallest absolute Gasteiger partial charge is 0.408 e. The van der Waals surface area contributed by atoms with Gasteiger partial charge in [0.2, 0.25) is 7.37 Å². The first-order chi connectivity index (χ1) is 23.7. The monoisotopic (exact) mass is 679 g/mol. The zero-order chi connectivity index (χ0) is 33.8. The number of nitrogens with one attached hydrogen (secondary N) is 1. The topological polar surface area (TPSA) is 102 Å². The molecular formula is C41H46NO6P. The van der Waals surface area contributed by atoms with Crippen molar-refractivity contribution in [1.82, 2.24) is 5.32 Å². The van der Waals surface area contributed by atoms with Crippen LogP contribution in [0, 0.1) is 23.7 Å². The Hall–Kier alpha value is -3.93. The van der Waals surface area contributed by atoms with Crippen molar-refractivity contribution in [1.29, 1.82) is 0 Å². The molecule has 4 aromatic rings. The van der Waals surface area contributed by atoms with Crippen LogP contribution in [0.15, 0.2) is 103 Å². The number of rotatable bonds is 14. The normalized spacial score (nSPS) is 24.9. The summed E-state index contributed by atoms with van der Waals surface area (Å²) in [5.74, 6) is -1.25. The van der Waals surface area contributed by atoms with Crippen LogP contribution >= 0.6 is 7.37 Å². The fourth-order valence-corrected chi connectivity index (χ4v) is 12.1. The number of benzene rings is 4. The van der Waals surface area contributed by atoms with Gasteiger partial charge in [-0.25, -0.2) is 4.79 Å². The van der Waals surface area contributed by atoms with Crippen LogP contribution in [0.2, 0.25) is 0 Å². The summed E-state index contributed by atoms with van der Waals surface area (Å²) in [7, 11) is -3.86. The molecule has 49 heavy (non-hydrogen) atoms. The quantitative estimate of drug-likeness (QED) is 0.129. The van der Waals surface area contributed by atoms with Crippen LogP contribution in [0.5, 0.6) is 0 Å². The SMILES string of the molecule is O=C(NC(Cc1ccccc1)P(=O)(CC(CCc1ccc2ccccc2c1)C(=O)O)OC12CC3CC(CC(C3)C1)C2)OCc1ccccc1. The number of hydrogen-bond acceptors (Lipinski definition) is 5. The lowest BCUT2D eigenvalue weighted by Gasteiger charge is -2.57. The van der Waals surface area contributed by atoms with Gasteiger partial charge in [-0.3, -0.25) is 9.36 Å². The van der Waals surface area contributed by atoms with Gasteiger partial charge in [0.05, 0.1) is 11.5 Å². The Balaban J connectivity index is 1.18. The first-order valence-electron chi connectivity index (χ1n) is 17.8. The van der Waals surface area contributed by atoms with Crippen molar-refractivity contribution >= 4 is 30.2 Å². The number of carbonyl (C=O) groups excluding carboxylic acids is 1. The molecule has 0 saturated heterocycles. The van der Waals surface area contributed by atoms with Gasteiger partial charge in [0.25, 0.3) is 0 Å². The van der Waals surface area contributed by atoms with Crippen LogP contribution in [-0.2, 0) is 38.1 Å². The standard InChI is InChI=1S/C41H46NO6P/c43-39(44)37(18-16-30-15-17-35-13-7-8-14-36(35)22-30)28-49(46,48-41-24-32-19-33(25-41)21-34(20-32)26-41)38(23-29-9-3-1-4-10-29)42-40(45)47-27-31-11-5-2-6-12-31/h1-15,17,22,32-34,37-38H,16,18-21,23-28H2,(H,42,45)(H,43,44). The molecule has 4 aromatic carbocycles. The van der Waals surface area contributed by atoms with Crippen LogP contribution in [0.1, 0.15) is 61.6 Å². The molecule has 1 amide bonds. The number of fused-ring (bicyclic) bond motifs is 1. The molecular weight excluding hydrogens is 633 g/mol. The van der Waals surface area contributed by atoms with Gasteiger partial charge >= 0.3 is 12.1 Å². The molecule has 7 nitrogen and oxygen atoms in total. The third kappa shape index (κ3) is 8.11. The lowest BCUT2D eigenvalue weighted by molar-refractivity contribution is -0.141. The third-order valence-corrected chi connectivity index (χ3v) is 13.9. The van der Waals surface area contributed by atoms with Crippen LogP contribution in [0.4, 0.5) is 4.79 Å². The maximum absolute atomic E-state index is 15.8. The molecule has 4 fully saturated rings. The second kappa shape index (κ2) is 14.5. The summed E-state index contributed by atoms with van der Waals surface area (Å²) in [5.41, 5.74) is 2.19. The van der Waals surface area contributed by atoms with Gasteiger partial charge in [0, 0.05) is 12.6 Å². The average Bonchev–Trinajstić information content (AvgIpc) is 3.09. The minimum atomic E-state index is -3.86. The van der Waals surface area contributed by atoms with Crippen molar-refractivity contribution in [3.63, 3.8) is 0 Å². The molecule has 256 valence electrons. The Morgan fingerprint density at radius 2 is 1.37 bits per heavy atom. The fraction of sp³-hybridized carbons (Fsp3) is 0.415. The minimum absolute atomic E-state index is 0.0639. The van der Waals surface area contributed by atoms with Crippen molar-refractivity contribution in [2.24, 2.45) is 23.7 Å². The number of alkyl carbamates (subject to hydrolysis) is 1. The Morgan fingerprint density at radius 1 is 0.776 bits per heavy atom. The molecule has 8 heteroatoms. The Labute approximate surface area is 288 Å². The maximum atomic E-state index is 15.8. The predicted molar refractivity (Wildman–Crippen MR) is 192 cm³/mol. The summed E-state index contributed by atoms with van der Waals surface area (Å²) in [5, 5.41) is 15.8. The molecule has 4 saturated carbocycles. The molecule has 0 heterocycles. The van der Waals surface area contributed by atoms with Crippen molar-refractivity contribution in [3.8, 4) is 0 Å². The predicted octanol–water partition coefficient (Wildman–Crippen LogP) is 9.23. The Kier molecular flexibility index (Phi) is 9.94. The first-order valence-corrected chi connectivity index (χ1v) is 19.6. The van der Waals surface area contributed by atoms with Gasteiger partial charge in [-0.05, 0) is 96.6 Å². The summed E-state index contributed by atoms with van der Waals surface area (Å²) in [6.45, 7) is 0.0639. The molecule has 3 unspecified atom stereocenters. The number of carboxylic acids is 1. The van der Waals surface area contributed by atoms with Crippen LogP contribution in [-0.4, -0.2) is 34.7 Å². The second-order valence-electron chi connectivity index (χ2n) is 14.8. The van der Waals surface area contributed by atoms with Crippen molar-refractivity contribution < 1.29 is 28.5 Å². The van der Waals surface area contributed by atoms with E-state index in [1.54, 1.807) is 0 Å². The summed E-state index contributed by atoms with van der Waals surface area (Å²) in [4.78, 5) is 26.4. The van der Waals surface area contributed by atoms with Crippen LogP contribution in [0.3, 0.4) is 0 Å². The summed E-state index contributed by atoms with van der Waals surface area (Å²) >= 11 is 0. The van der Waals surface area contributed by atoms with E-state index in [9.17, 15) is 14.7 Å². The second-order valence-corrected chi connectivity index (χ2v) is 17.4. The third-order valence-electron chi connectivity index (χ3n) is 11.0. The number of aryl methyl sites for hydroxylation is 1. The molecule has 8 rings (SSSR count). The maximum Gasteiger partial charge on any atom is 0.408 e. The van der Waals surface area contributed by atoms with Crippen molar-refractivity contribution in [3.05, 3.63) is 120 Å². The molecule has 0 spiro atoms. The molecule has 3 atom stereocenters. The highest BCUT2D eigenvalue weighted by molar-refractivity contribution is 7.59. The fourth-order valence-electron chi connectivity index (χ4n) is 9.06. The molecule has 0 aliphatic heterocycles. The Bertz CT molecular complexity index is 1780. The summed E-state index contributed by atoms with van der Waals surface area (Å²) < 4.78 is 28.4. The van der Waals surface area contributed by atoms with E-state index < -0.39 is 36.7 Å². The number of amides is 1. The number of carboxylic acid groups (broad SMARTS) is 1. The zero-order valence-electron chi connectivity index (χ0n) is 27.9. The molecule has 0 radical (unpaired) electrons. The van der Waals surface area contributed by atoms with E-state index in [1.165, 1.54) is 19.3 Å². The molecule has 4 aliphatic carbocycles. The number of hydrogen-bond donors (Lipinski definition) is 2.